The van der Waals surface area contributed by atoms with Gasteiger partial charge in [0.05, 0.1) is 11.1 Å². The van der Waals surface area contributed by atoms with E-state index < -0.39 is 0 Å². The van der Waals surface area contributed by atoms with Crippen molar-refractivity contribution in [2.75, 3.05) is 13.1 Å². The molecule has 1 aliphatic heterocycles. The topological polar surface area (TPSA) is 64.2 Å². The highest BCUT2D eigenvalue weighted by Crippen LogP contribution is 2.28. The number of hydrogen-bond donors (Lipinski definition) is 0. The van der Waals surface area contributed by atoms with E-state index in [1.54, 1.807) is 13.0 Å². The van der Waals surface area contributed by atoms with Gasteiger partial charge in [-0.15, -0.1) is 0 Å². The lowest BCUT2D eigenvalue weighted by Crippen LogP contribution is -2.19. The van der Waals surface area contributed by atoms with Gasteiger partial charge in [0, 0.05) is 43.9 Å². The van der Waals surface area contributed by atoms with Crippen molar-refractivity contribution in [3.63, 3.8) is 0 Å². The molecule has 6 nitrogen and oxygen atoms in total. The summed E-state index contributed by atoms with van der Waals surface area (Å²) in [6, 6.07) is 5.52. The summed E-state index contributed by atoms with van der Waals surface area (Å²) in [6.45, 7) is 4.53. The highest BCUT2D eigenvalue weighted by atomic mass is 16.6. The monoisotopic (exact) mass is 300 g/mol. The lowest BCUT2D eigenvalue weighted by atomic mass is 10.0. The molecule has 0 spiro atoms. The summed E-state index contributed by atoms with van der Waals surface area (Å²) in [6.07, 6.45) is 5.12. The number of likely N-dealkylation sites (tertiary alicyclic amines) is 1. The van der Waals surface area contributed by atoms with Crippen molar-refractivity contribution in [3.05, 3.63) is 57.4 Å². The molecule has 6 heteroatoms. The standard InChI is InChI=1S/C16H20N4O2/c1-12-3-4-13(7-16(12)20(21)22)9-19-6-5-14(11-19)15-8-17-18(2)10-15/h3-4,7-8,10,14H,5-6,9,11H2,1-2H3. The molecule has 1 aromatic heterocycles. The van der Waals surface area contributed by atoms with Gasteiger partial charge in [-0.1, -0.05) is 12.1 Å². The summed E-state index contributed by atoms with van der Waals surface area (Å²) < 4.78 is 1.83. The predicted molar refractivity (Wildman–Crippen MR) is 83.7 cm³/mol. The lowest BCUT2D eigenvalue weighted by molar-refractivity contribution is -0.385. The Labute approximate surface area is 129 Å². The molecule has 1 aliphatic rings. The molecule has 0 bridgehead atoms. The first-order valence-corrected chi connectivity index (χ1v) is 7.48. The minimum Gasteiger partial charge on any atom is -0.298 e. The third-order valence-corrected chi connectivity index (χ3v) is 4.35. The van der Waals surface area contributed by atoms with Gasteiger partial charge in [-0.2, -0.15) is 5.10 Å². The van der Waals surface area contributed by atoms with Crippen LogP contribution in [0.15, 0.2) is 30.6 Å². The Morgan fingerprint density at radius 3 is 2.95 bits per heavy atom. The molecule has 1 aromatic carbocycles. The van der Waals surface area contributed by atoms with E-state index in [1.165, 1.54) is 5.56 Å². The van der Waals surface area contributed by atoms with Crippen LogP contribution in [-0.2, 0) is 13.6 Å². The maximum absolute atomic E-state index is 11.0. The first kappa shape index (κ1) is 14.7. The predicted octanol–water partition coefficient (Wildman–Crippen LogP) is 2.63. The van der Waals surface area contributed by atoms with Crippen LogP contribution in [0.2, 0.25) is 0 Å². The Bertz CT molecular complexity index is 695. The van der Waals surface area contributed by atoms with E-state index in [0.717, 1.165) is 31.6 Å². The summed E-state index contributed by atoms with van der Waals surface area (Å²) in [5.74, 6) is 0.508. The Hall–Kier alpha value is -2.21. The Balaban J connectivity index is 1.67. The number of benzene rings is 1. The SMILES string of the molecule is Cc1ccc(CN2CCC(c3cnn(C)c3)C2)cc1[N+](=O)[O-]. The number of nitro groups is 1. The van der Waals surface area contributed by atoms with Gasteiger partial charge >= 0.3 is 0 Å². The van der Waals surface area contributed by atoms with Gasteiger partial charge in [-0.3, -0.25) is 19.7 Å². The van der Waals surface area contributed by atoms with Gasteiger partial charge in [-0.05, 0) is 31.0 Å². The fraction of sp³-hybridized carbons (Fsp3) is 0.438. The van der Waals surface area contributed by atoms with E-state index >= 15 is 0 Å². The highest BCUT2D eigenvalue weighted by Gasteiger charge is 2.25. The van der Waals surface area contributed by atoms with Gasteiger partial charge < -0.3 is 0 Å². The average molecular weight is 300 g/mol. The first-order valence-electron chi connectivity index (χ1n) is 7.48. The fourth-order valence-corrected chi connectivity index (χ4v) is 3.11. The largest absolute Gasteiger partial charge is 0.298 e. The summed E-state index contributed by atoms with van der Waals surface area (Å²) in [4.78, 5) is 13.1. The fourth-order valence-electron chi connectivity index (χ4n) is 3.11. The number of hydrogen-bond acceptors (Lipinski definition) is 4. The zero-order valence-electron chi connectivity index (χ0n) is 12.9. The van der Waals surface area contributed by atoms with E-state index in [-0.39, 0.29) is 10.6 Å². The second-order valence-electron chi connectivity index (χ2n) is 6.05. The summed E-state index contributed by atoms with van der Waals surface area (Å²) in [5, 5.41) is 15.3. The molecule has 3 rings (SSSR count). The van der Waals surface area contributed by atoms with Crippen LogP contribution in [-0.4, -0.2) is 32.7 Å². The summed E-state index contributed by atoms with van der Waals surface area (Å²) in [5.41, 5.74) is 3.20. The van der Waals surface area contributed by atoms with Crippen LogP contribution in [0.25, 0.3) is 0 Å². The Kier molecular flexibility index (Phi) is 3.94. The van der Waals surface area contributed by atoms with Crippen LogP contribution in [0.1, 0.15) is 29.0 Å². The van der Waals surface area contributed by atoms with E-state index in [0.29, 0.717) is 11.5 Å². The van der Waals surface area contributed by atoms with Crippen LogP contribution in [0.3, 0.4) is 0 Å². The molecule has 116 valence electrons. The molecular formula is C16H20N4O2. The third-order valence-electron chi connectivity index (χ3n) is 4.35. The molecule has 0 amide bonds. The second kappa shape index (κ2) is 5.88. The summed E-state index contributed by atoms with van der Waals surface area (Å²) in [7, 11) is 1.93. The molecule has 22 heavy (non-hydrogen) atoms. The van der Waals surface area contributed by atoms with E-state index in [9.17, 15) is 10.1 Å². The van der Waals surface area contributed by atoms with E-state index in [2.05, 4.69) is 16.2 Å². The molecule has 0 N–H and O–H groups in total. The number of aromatic nitrogens is 2. The molecule has 1 fully saturated rings. The van der Waals surface area contributed by atoms with Crippen molar-refractivity contribution in [2.24, 2.45) is 7.05 Å². The van der Waals surface area contributed by atoms with Crippen molar-refractivity contribution in [1.29, 1.82) is 0 Å². The molecule has 1 saturated heterocycles. The van der Waals surface area contributed by atoms with Crippen molar-refractivity contribution < 1.29 is 4.92 Å². The zero-order chi connectivity index (χ0) is 15.7. The third kappa shape index (κ3) is 3.01. The van der Waals surface area contributed by atoms with E-state index in [4.69, 9.17) is 0 Å². The van der Waals surface area contributed by atoms with Gasteiger partial charge in [0.15, 0.2) is 0 Å². The minimum atomic E-state index is -0.304. The van der Waals surface area contributed by atoms with Gasteiger partial charge in [-0.25, -0.2) is 0 Å². The van der Waals surface area contributed by atoms with Crippen molar-refractivity contribution in [2.45, 2.75) is 25.8 Å². The smallest absolute Gasteiger partial charge is 0.272 e. The van der Waals surface area contributed by atoms with Gasteiger partial charge in [0.2, 0.25) is 0 Å². The van der Waals surface area contributed by atoms with Gasteiger partial charge in [0.1, 0.15) is 0 Å². The van der Waals surface area contributed by atoms with Gasteiger partial charge in [0.25, 0.3) is 5.69 Å². The maximum Gasteiger partial charge on any atom is 0.272 e. The zero-order valence-corrected chi connectivity index (χ0v) is 12.9. The van der Waals surface area contributed by atoms with Crippen LogP contribution in [0.4, 0.5) is 5.69 Å². The number of nitro benzene ring substituents is 1. The van der Waals surface area contributed by atoms with Crippen molar-refractivity contribution in [3.8, 4) is 0 Å². The highest BCUT2D eigenvalue weighted by molar-refractivity contribution is 5.42. The molecule has 0 aliphatic carbocycles. The van der Waals surface area contributed by atoms with Crippen LogP contribution in [0, 0.1) is 17.0 Å². The Morgan fingerprint density at radius 1 is 1.45 bits per heavy atom. The summed E-state index contributed by atoms with van der Waals surface area (Å²) >= 11 is 0. The molecule has 2 heterocycles. The average Bonchev–Trinajstić information content (AvgIpc) is 3.09. The molecule has 2 aromatic rings. The lowest BCUT2D eigenvalue weighted by Gasteiger charge is -2.16. The molecule has 0 saturated carbocycles. The first-order chi connectivity index (χ1) is 10.5. The molecule has 1 atom stereocenters. The molecule has 1 unspecified atom stereocenters. The van der Waals surface area contributed by atoms with Crippen molar-refractivity contribution >= 4 is 5.69 Å². The number of rotatable bonds is 4. The minimum absolute atomic E-state index is 0.209. The Morgan fingerprint density at radius 2 is 2.27 bits per heavy atom. The second-order valence-corrected chi connectivity index (χ2v) is 6.05. The van der Waals surface area contributed by atoms with Crippen molar-refractivity contribution in [1.82, 2.24) is 14.7 Å². The van der Waals surface area contributed by atoms with Crippen LogP contribution in [0.5, 0.6) is 0 Å². The maximum atomic E-state index is 11.0. The molecular weight excluding hydrogens is 280 g/mol. The van der Waals surface area contributed by atoms with E-state index in [1.807, 2.05) is 30.1 Å². The quantitative estimate of drug-likeness (QED) is 0.643. The number of aryl methyl sites for hydroxylation is 2. The number of nitrogens with zero attached hydrogens (tertiary/aromatic N) is 4. The molecule has 0 radical (unpaired) electrons. The van der Waals surface area contributed by atoms with Crippen LogP contribution < -0.4 is 0 Å². The van der Waals surface area contributed by atoms with Crippen LogP contribution >= 0.6 is 0 Å². The normalized spacial score (nSPS) is 18.7.